The van der Waals surface area contributed by atoms with Gasteiger partial charge in [-0.25, -0.2) is 0 Å². The monoisotopic (exact) mass is 455 g/mol. The molecule has 3 rings (SSSR count). The fourth-order valence-electron chi connectivity index (χ4n) is 1.88. The van der Waals surface area contributed by atoms with Crippen molar-refractivity contribution in [1.29, 1.82) is 0 Å². The van der Waals surface area contributed by atoms with Crippen LogP contribution in [0.1, 0.15) is 0 Å². The zero-order chi connectivity index (χ0) is 16.9. The van der Waals surface area contributed by atoms with Crippen LogP contribution in [0.5, 0.6) is 6.08 Å². The van der Waals surface area contributed by atoms with E-state index in [2.05, 4.69) is 38.0 Å². The molecule has 122 valence electrons. The van der Waals surface area contributed by atoms with E-state index in [1.54, 1.807) is 18.2 Å². The lowest BCUT2D eigenvalue weighted by Crippen LogP contribution is -2.20. The number of hydrogen-bond acceptors (Lipinski definition) is 5. The van der Waals surface area contributed by atoms with Crippen LogP contribution in [0.3, 0.4) is 0 Å². The van der Waals surface area contributed by atoms with Crippen LogP contribution in [0.4, 0.5) is 5.69 Å². The van der Waals surface area contributed by atoms with Crippen LogP contribution < -0.4 is 10.1 Å². The highest BCUT2D eigenvalue weighted by atomic mass is 127. The molecule has 0 spiro atoms. The third kappa shape index (κ3) is 4.24. The van der Waals surface area contributed by atoms with E-state index in [9.17, 15) is 4.79 Å². The van der Waals surface area contributed by atoms with Crippen molar-refractivity contribution in [1.82, 2.24) is 10.1 Å². The van der Waals surface area contributed by atoms with Gasteiger partial charge >= 0.3 is 6.08 Å². The molecule has 3 aromatic rings. The number of amides is 1. The van der Waals surface area contributed by atoms with Gasteiger partial charge in [-0.15, -0.1) is 0 Å². The molecule has 0 saturated heterocycles. The largest absolute Gasteiger partial charge is 0.439 e. The highest BCUT2D eigenvalue weighted by Gasteiger charge is 2.13. The molecule has 6 nitrogen and oxygen atoms in total. The molecule has 1 amide bonds. The Morgan fingerprint density at radius 2 is 1.96 bits per heavy atom. The molecule has 0 aliphatic carbocycles. The Labute approximate surface area is 156 Å². The molecule has 1 aromatic heterocycles. The normalized spacial score (nSPS) is 10.4. The smallest absolute Gasteiger partial charge is 0.418 e. The predicted molar refractivity (Wildman–Crippen MR) is 98.0 cm³/mol. The van der Waals surface area contributed by atoms with Crippen molar-refractivity contribution in [2.45, 2.75) is 0 Å². The molecule has 0 bridgehead atoms. The van der Waals surface area contributed by atoms with Gasteiger partial charge in [-0.3, -0.25) is 9.32 Å². The van der Waals surface area contributed by atoms with Gasteiger partial charge in [-0.1, -0.05) is 28.9 Å². The van der Waals surface area contributed by atoms with Gasteiger partial charge in [0.1, 0.15) is 0 Å². The first-order chi connectivity index (χ1) is 11.6. The predicted octanol–water partition coefficient (Wildman–Crippen LogP) is 4.01. The number of aromatic nitrogens is 2. The van der Waals surface area contributed by atoms with Crippen LogP contribution in [-0.4, -0.2) is 22.7 Å². The third-order valence-electron chi connectivity index (χ3n) is 2.98. The number of nitrogens with zero attached hydrogens (tertiary/aromatic N) is 2. The molecule has 0 radical (unpaired) electrons. The first-order valence-electron chi connectivity index (χ1n) is 6.88. The van der Waals surface area contributed by atoms with E-state index in [1.165, 1.54) is 0 Å². The summed E-state index contributed by atoms with van der Waals surface area (Å²) in [5.41, 5.74) is 1.31. The highest BCUT2D eigenvalue weighted by molar-refractivity contribution is 14.1. The van der Waals surface area contributed by atoms with Crippen molar-refractivity contribution in [3.8, 4) is 17.5 Å². The summed E-state index contributed by atoms with van der Waals surface area (Å²) in [6.45, 7) is -0.240. The second kappa shape index (κ2) is 7.63. The molecule has 0 saturated carbocycles. The summed E-state index contributed by atoms with van der Waals surface area (Å²) in [7, 11) is 0. The van der Waals surface area contributed by atoms with Crippen molar-refractivity contribution in [3.63, 3.8) is 0 Å². The molecule has 1 N–H and O–H groups in total. The van der Waals surface area contributed by atoms with E-state index in [0.29, 0.717) is 22.1 Å². The van der Waals surface area contributed by atoms with Crippen molar-refractivity contribution < 1.29 is 14.1 Å². The Hall–Kier alpha value is -2.13. The Balaban J connectivity index is 1.58. The molecular weight excluding hydrogens is 445 g/mol. The lowest BCUT2D eigenvalue weighted by molar-refractivity contribution is -0.118. The summed E-state index contributed by atoms with van der Waals surface area (Å²) in [6.07, 6.45) is -0.0947. The summed E-state index contributed by atoms with van der Waals surface area (Å²) in [4.78, 5) is 15.9. The van der Waals surface area contributed by atoms with Gasteiger partial charge < -0.3 is 10.1 Å². The van der Waals surface area contributed by atoms with Crippen LogP contribution in [0.15, 0.2) is 53.1 Å². The topological polar surface area (TPSA) is 77.2 Å². The van der Waals surface area contributed by atoms with E-state index < -0.39 is 0 Å². The fourth-order valence-corrected chi connectivity index (χ4v) is 2.46. The molecular formula is C16H11ClIN3O3. The first kappa shape index (κ1) is 16.7. The standard InChI is InChI=1S/C16H11ClIN3O3/c17-13-4-2-1-3-12(13)15-20-16(24-21-15)23-9-14(22)19-11-7-5-10(18)6-8-11/h1-8H,9H2,(H,19,22). The van der Waals surface area contributed by atoms with Gasteiger partial charge in [0.15, 0.2) is 6.61 Å². The van der Waals surface area contributed by atoms with E-state index in [-0.39, 0.29) is 18.6 Å². The zero-order valence-electron chi connectivity index (χ0n) is 12.2. The van der Waals surface area contributed by atoms with E-state index in [1.807, 2.05) is 30.3 Å². The number of carbonyl (C=O) groups is 1. The lowest BCUT2D eigenvalue weighted by atomic mass is 10.2. The van der Waals surface area contributed by atoms with Crippen molar-refractivity contribution >= 4 is 45.8 Å². The second-order valence-electron chi connectivity index (χ2n) is 4.71. The van der Waals surface area contributed by atoms with Crippen LogP contribution in [0.25, 0.3) is 11.4 Å². The maximum absolute atomic E-state index is 11.9. The minimum Gasteiger partial charge on any atom is -0.439 e. The Kier molecular flexibility index (Phi) is 5.31. The highest BCUT2D eigenvalue weighted by Crippen LogP contribution is 2.26. The van der Waals surface area contributed by atoms with Crippen LogP contribution in [0, 0.1) is 3.57 Å². The third-order valence-corrected chi connectivity index (χ3v) is 4.03. The number of anilines is 1. The average molecular weight is 456 g/mol. The fraction of sp³-hybridized carbons (Fsp3) is 0.0625. The minimum absolute atomic E-state index is 0.0947. The maximum atomic E-state index is 11.9. The van der Waals surface area contributed by atoms with Crippen molar-refractivity contribution in [2.75, 3.05) is 11.9 Å². The first-order valence-corrected chi connectivity index (χ1v) is 8.34. The zero-order valence-corrected chi connectivity index (χ0v) is 15.1. The quantitative estimate of drug-likeness (QED) is 0.588. The maximum Gasteiger partial charge on any atom is 0.418 e. The van der Waals surface area contributed by atoms with Gasteiger partial charge in [-0.2, -0.15) is 4.98 Å². The van der Waals surface area contributed by atoms with Crippen LogP contribution in [0.2, 0.25) is 5.02 Å². The number of ether oxygens (including phenoxy) is 1. The summed E-state index contributed by atoms with van der Waals surface area (Å²) in [6, 6.07) is 14.5. The molecule has 2 aromatic carbocycles. The Morgan fingerprint density at radius 1 is 1.21 bits per heavy atom. The number of rotatable bonds is 5. The molecule has 0 atom stereocenters. The summed E-state index contributed by atoms with van der Waals surface area (Å²) in [5.74, 6) is -0.0256. The van der Waals surface area contributed by atoms with Crippen molar-refractivity contribution in [3.05, 3.63) is 57.1 Å². The average Bonchev–Trinajstić information content (AvgIpc) is 3.04. The molecule has 0 unspecified atom stereocenters. The summed E-state index contributed by atoms with van der Waals surface area (Å²) < 4.78 is 11.3. The van der Waals surface area contributed by atoms with Gasteiger partial charge in [-0.05, 0) is 59.0 Å². The molecule has 0 fully saturated rings. The Bertz CT molecular complexity index is 852. The van der Waals surface area contributed by atoms with E-state index in [0.717, 1.165) is 3.57 Å². The second-order valence-corrected chi connectivity index (χ2v) is 6.36. The molecule has 0 aliphatic heterocycles. The molecule has 24 heavy (non-hydrogen) atoms. The number of halogens is 2. The van der Waals surface area contributed by atoms with Crippen LogP contribution in [-0.2, 0) is 4.79 Å². The van der Waals surface area contributed by atoms with Crippen LogP contribution >= 0.6 is 34.2 Å². The number of hydrogen-bond donors (Lipinski definition) is 1. The van der Waals surface area contributed by atoms with Gasteiger partial charge in [0.25, 0.3) is 5.91 Å². The van der Waals surface area contributed by atoms with E-state index >= 15 is 0 Å². The van der Waals surface area contributed by atoms with Gasteiger partial charge in [0.05, 0.1) is 5.02 Å². The number of benzene rings is 2. The SMILES string of the molecule is O=C(COc1nc(-c2ccccc2Cl)no1)Nc1ccc(I)cc1. The van der Waals surface area contributed by atoms with Gasteiger partial charge in [0, 0.05) is 14.8 Å². The van der Waals surface area contributed by atoms with Gasteiger partial charge in [0.2, 0.25) is 5.82 Å². The lowest BCUT2D eigenvalue weighted by Gasteiger charge is -2.04. The number of nitrogens with one attached hydrogen (secondary N) is 1. The molecule has 0 aliphatic rings. The Morgan fingerprint density at radius 3 is 2.71 bits per heavy atom. The summed E-state index contributed by atoms with van der Waals surface area (Å²) in [5, 5.41) is 7.00. The minimum atomic E-state index is -0.325. The van der Waals surface area contributed by atoms with E-state index in [4.69, 9.17) is 20.9 Å². The summed E-state index contributed by atoms with van der Waals surface area (Å²) >= 11 is 8.26. The van der Waals surface area contributed by atoms with Crippen molar-refractivity contribution in [2.24, 2.45) is 0 Å². The molecule has 8 heteroatoms. The number of carbonyl (C=O) groups excluding carboxylic acids is 1. The molecule has 1 heterocycles.